The molecule has 1 aliphatic heterocycles. The van der Waals surface area contributed by atoms with Gasteiger partial charge in [-0.25, -0.2) is 4.39 Å². The van der Waals surface area contributed by atoms with E-state index in [9.17, 15) is 9.50 Å². The fourth-order valence-corrected chi connectivity index (χ4v) is 4.86. The van der Waals surface area contributed by atoms with E-state index in [0.717, 1.165) is 24.0 Å². The average Bonchev–Trinajstić information content (AvgIpc) is 2.86. The molecule has 0 amide bonds. The summed E-state index contributed by atoms with van der Waals surface area (Å²) in [4.78, 5) is 2.04. The second-order valence-electron chi connectivity index (χ2n) is 8.26. The first-order valence-electron chi connectivity index (χ1n) is 11.3. The molecule has 3 aromatic carbocycles. The molecule has 0 spiro atoms. The highest BCUT2D eigenvalue weighted by Gasteiger charge is 2.41. The number of ether oxygens (including phenoxy) is 1. The number of nitrogens with one attached hydrogen (secondary N) is 1. The summed E-state index contributed by atoms with van der Waals surface area (Å²) < 4.78 is 19.8. The summed E-state index contributed by atoms with van der Waals surface area (Å²) in [6.45, 7) is 3.70. The lowest BCUT2D eigenvalue weighted by molar-refractivity contribution is -0.00631. The van der Waals surface area contributed by atoms with Crippen LogP contribution < -0.4 is 10.1 Å². The number of hydrogen-bond acceptors (Lipinski definition) is 3. The first-order valence-corrected chi connectivity index (χ1v) is 11.7. The van der Waals surface area contributed by atoms with Crippen LogP contribution in [0.1, 0.15) is 30.9 Å². The van der Waals surface area contributed by atoms with Crippen molar-refractivity contribution in [3.8, 4) is 5.75 Å². The molecule has 2 N–H and O–H groups in total. The number of likely N-dealkylation sites (tertiary alicyclic amines) is 1. The molecule has 1 heterocycles. The van der Waals surface area contributed by atoms with Crippen molar-refractivity contribution in [1.29, 1.82) is 0 Å². The summed E-state index contributed by atoms with van der Waals surface area (Å²) in [7, 11) is 0. The Morgan fingerprint density at radius 2 is 1.61 bits per heavy atom. The zero-order valence-electron chi connectivity index (χ0n) is 18.7. The number of hydrogen-bond donors (Lipinski definition) is 2. The van der Waals surface area contributed by atoms with Crippen LogP contribution in [0.2, 0.25) is 0 Å². The van der Waals surface area contributed by atoms with E-state index in [-0.39, 0.29) is 5.92 Å². The monoisotopic (exact) mass is 464 g/mol. The molecule has 0 aromatic heterocycles. The van der Waals surface area contributed by atoms with Crippen molar-refractivity contribution >= 4 is 23.0 Å². The van der Waals surface area contributed by atoms with Gasteiger partial charge in [-0.2, -0.15) is 0 Å². The first kappa shape index (κ1) is 23.2. The van der Waals surface area contributed by atoms with Gasteiger partial charge in [0.05, 0.1) is 12.3 Å². The normalized spacial score (nSPS) is 14.7. The van der Waals surface area contributed by atoms with E-state index in [1.807, 2.05) is 72.5 Å². The molecule has 33 heavy (non-hydrogen) atoms. The van der Waals surface area contributed by atoms with Crippen molar-refractivity contribution in [2.24, 2.45) is 5.92 Å². The van der Waals surface area contributed by atoms with Crippen LogP contribution in [0.15, 0.2) is 78.9 Å². The maximum absolute atomic E-state index is 14.4. The molecule has 0 bridgehead atoms. The summed E-state index contributed by atoms with van der Waals surface area (Å²) in [5.74, 6) is 0.123. The second kappa shape index (κ2) is 10.3. The molecular weight excluding hydrogens is 435 g/mol. The Balaban J connectivity index is 1.46. The van der Waals surface area contributed by atoms with Crippen LogP contribution in [0.25, 0.3) is 0 Å². The minimum Gasteiger partial charge on any atom is -0.494 e. The SMILES string of the molecule is CCOc1ccc(NC(=S)N2CCC(C(O)(c3ccccc3)c3ccccc3)CC2)c(F)c1. The van der Waals surface area contributed by atoms with Gasteiger partial charge in [-0.05, 0) is 61.2 Å². The molecule has 4 nitrogen and oxygen atoms in total. The minimum atomic E-state index is -1.08. The highest BCUT2D eigenvalue weighted by molar-refractivity contribution is 7.80. The summed E-state index contributed by atoms with van der Waals surface area (Å²) >= 11 is 5.57. The second-order valence-corrected chi connectivity index (χ2v) is 8.65. The number of aliphatic hydroxyl groups is 1. The van der Waals surface area contributed by atoms with E-state index in [1.165, 1.54) is 6.07 Å². The van der Waals surface area contributed by atoms with Crippen LogP contribution in [-0.4, -0.2) is 34.8 Å². The Hall–Kier alpha value is -2.96. The Kier molecular flexibility index (Phi) is 7.26. The number of anilines is 1. The third-order valence-electron chi connectivity index (χ3n) is 6.29. The van der Waals surface area contributed by atoms with Gasteiger partial charge in [0.2, 0.25) is 0 Å². The van der Waals surface area contributed by atoms with Crippen molar-refractivity contribution in [2.45, 2.75) is 25.4 Å². The maximum Gasteiger partial charge on any atom is 0.173 e. The summed E-state index contributed by atoms with van der Waals surface area (Å²) in [6.07, 6.45) is 1.52. The fourth-order valence-electron chi connectivity index (χ4n) is 4.57. The van der Waals surface area contributed by atoms with Crippen molar-refractivity contribution in [2.75, 3.05) is 25.0 Å². The molecule has 6 heteroatoms. The molecule has 3 aromatic rings. The summed E-state index contributed by atoms with van der Waals surface area (Å²) in [5, 5.41) is 15.5. The van der Waals surface area contributed by atoms with Crippen LogP contribution >= 0.6 is 12.2 Å². The third-order valence-corrected chi connectivity index (χ3v) is 6.65. The molecule has 4 rings (SSSR count). The Morgan fingerprint density at radius 3 is 2.12 bits per heavy atom. The van der Waals surface area contributed by atoms with Crippen LogP contribution in [0.4, 0.5) is 10.1 Å². The number of nitrogens with zero attached hydrogens (tertiary/aromatic N) is 1. The molecule has 1 aliphatic rings. The quantitative estimate of drug-likeness (QED) is 0.467. The molecule has 0 radical (unpaired) electrons. The number of piperidine rings is 1. The van der Waals surface area contributed by atoms with E-state index >= 15 is 0 Å². The minimum absolute atomic E-state index is 0.0311. The predicted molar refractivity (Wildman–Crippen MR) is 134 cm³/mol. The van der Waals surface area contributed by atoms with Crippen molar-refractivity contribution in [1.82, 2.24) is 4.90 Å². The summed E-state index contributed by atoms with van der Waals surface area (Å²) in [6, 6.07) is 24.4. The largest absolute Gasteiger partial charge is 0.494 e. The van der Waals surface area contributed by atoms with Crippen molar-refractivity contribution in [3.05, 3.63) is 95.8 Å². The molecule has 0 aliphatic carbocycles. The van der Waals surface area contributed by atoms with Crippen molar-refractivity contribution in [3.63, 3.8) is 0 Å². The van der Waals surface area contributed by atoms with Gasteiger partial charge in [-0.1, -0.05) is 60.7 Å². The van der Waals surface area contributed by atoms with E-state index in [2.05, 4.69) is 5.32 Å². The first-order chi connectivity index (χ1) is 16.0. The maximum atomic E-state index is 14.4. The van der Waals surface area contributed by atoms with Gasteiger partial charge < -0.3 is 20.1 Å². The smallest absolute Gasteiger partial charge is 0.173 e. The molecule has 0 unspecified atom stereocenters. The van der Waals surface area contributed by atoms with Crippen LogP contribution in [0.3, 0.4) is 0 Å². The van der Waals surface area contributed by atoms with Gasteiger partial charge in [0.15, 0.2) is 5.11 Å². The lowest BCUT2D eigenvalue weighted by Gasteiger charge is -2.43. The van der Waals surface area contributed by atoms with Gasteiger partial charge in [0.1, 0.15) is 17.2 Å². The third kappa shape index (κ3) is 5.02. The van der Waals surface area contributed by atoms with E-state index in [0.29, 0.717) is 36.2 Å². The Bertz CT molecular complexity index is 1030. The number of rotatable bonds is 6. The number of halogens is 1. The standard InChI is InChI=1S/C27H29FN2O2S/c1-2-32-23-13-14-25(24(28)19-23)29-26(33)30-17-15-22(16-18-30)27(31,20-9-5-3-6-10-20)21-11-7-4-8-12-21/h3-14,19,22,31H,2,15-18H2,1H3,(H,29,33). The zero-order chi connectivity index (χ0) is 23.3. The Labute approximate surface area is 200 Å². The van der Waals surface area contributed by atoms with Gasteiger partial charge in [0, 0.05) is 19.2 Å². The predicted octanol–water partition coefficient (Wildman–Crippen LogP) is 5.57. The van der Waals surface area contributed by atoms with Crippen LogP contribution in [0.5, 0.6) is 5.75 Å². The highest BCUT2D eigenvalue weighted by atomic mass is 32.1. The topological polar surface area (TPSA) is 44.7 Å². The molecule has 0 atom stereocenters. The lowest BCUT2D eigenvalue weighted by Crippen LogP contribution is -2.47. The van der Waals surface area contributed by atoms with E-state index in [1.54, 1.807) is 12.1 Å². The Morgan fingerprint density at radius 1 is 1.03 bits per heavy atom. The molecule has 172 valence electrons. The number of benzene rings is 3. The average molecular weight is 465 g/mol. The van der Waals surface area contributed by atoms with Crippen molar-refractivity contribution < 1.29 is 14.2 Å². The summed E-state index contributed by atoms with van der Waals surface area (Å²) in [5.41, 5.74) is 1.04. The van der Waals surface area contributed by atoms with Crippen LogP contribution in [0, 0.1) is 11.7 Å². The number of thiocarbonyl (C=S) groups is 1. The van der Waals surface area contributed by atoms with E-state index in [4.69, 9.17) is 17.0 Å². The van der Waals surface area contributed by atoms with Gasteiger partial charge >= 0.3 is 0 Å². The highest BCUT2D eigenvalue weighted by Crippen LogP contribution is 2.42. The van der Waals surface area contributed by atoms with Crippen LogP contribution in [-0.2, 0) is 5.60 Å². The molecule has 1 fully saturated rings. The molecular formula is C27H29FN2O2S. The van der Waals surface area contributed by atoms with Gasteiger partial charge in [0.25, 0.3) is 0 Å². The van der Waals surface area contributed by atoms with E-state index < -0.39 is 11.4 Å². The molecule has 0 saturated carbocycles. The fraction of sp³-hybridized carbons (Fsp3) is 0.296. The zero-order valence-corrected chi connectivity index (χ0v) is 19.5. The lowest BCUT2D eigenvalue weighted by atomic mass is 9.72. The van der Waals surface area contributed by atoms with Gasteiger partial charge in [-0.3, -0.25) is 0 Å². The van der Waals surface area contributed by atoms with Gasteiger partial charge in [-0.15, -0.1) is 0 Å². The molecule has 1 saturated heterocycles.